The number of esters is 1. The molecule has 5 heterocycles. The Balaban J connectivity index is 1.46. The van der Waals surface area contributed by atoms with Gasteiger partial charge in [-0.1, -0.05) is 6.07 Å². The summed E-state index contributed by atoms with van der Waals surface area (Å²) in [6.45, 7) is 4.60. The number of hydrogen-bond donors (Lipinski definition) is 0. The molecule has 0 saturated carbocycles. The van der Waals surface area contributed by atoms with Gasteiger partial charge in [0, 0.05) is 50.2 Å². The molecule has 0 radical (unpaired) electrons. The fraction of sp³-hybridized carbons (Fsp3) is 0.385. The van der Waals surface area contributed by atoms with Gasteiger partial charge in [0.2, 0.25) is 0 Å². The maximum absolute atomic E-state index is 13.1. The Bertz CT molecular complexity index is 1200. The highest BCUT2D eigenvalue weighted by atomic mass is 16.5. The van der Waals surface area contributed by atoms with E-state index < -0.39 is 0 Å². The van der Waals surface area contributed by atoms with Crippen molar-refractivity contribution < 1.29 is 14.3 Å². The Morgan fingerprint density at radius 2 is 1.91 bits per heavy atom. The van der Waals surface area contributed by atoms with Crippen LogP contribution >= 0.6 is 0 Å². The molecule has 1 amide bonds. The first-order valence-electron chi connectivity index (χ1n) is 12.1. The fourth-order valence-electron chi connectivity index (χ4n) is 4.70. The van der Waals surface area contributed by atoms with E-state index in [2.05, 4.69) is 14.9 Å². The van der Waals surface area contributed by atoms with Gasteiger partial charge in [0.1, 0.15) is 11.5 Å². The highest BCUT2D eigenvalue weighted by Crippen LogP contribution is 2.32. The number of carbonyl (C=O) groups excluding carboxylic acids is 2. The number of fused-ring (bicyclic) bond motifs is 1. The maximum atomic E-state index is 13.1. The van der Waals surface area contributed by atoms with E-state index in [1.807, 2.05) is 30.0 Å². The molecular weight excluding hydrogens is 444 g/mol. The molecule has 0 unspecified atom stereocenters. The first-order valence-corrected chi connectivity index (χ1v) is 12.1. The summed E-state index contributed by atoms with van der Waals surface area (Å²) in [5.74, 6) is 1.13. The average molecular weight is 473 g/mol. The summed E-state index contributed by atoms with van der Waals surface area (Å²) in [6, 6.07) is 9.24. The largest absolute Gasteiger partial charge is 0.466 e. The normalized spacial score (nSPS) is 16.0. The lowest BCUT2D eigenvalue weighted by atomic mass is 9.96. The number of carbonyl (C=O) groups is 2. The van der Waals surface area contributed by atoms with Crippen LogP contribution in [0, 0.1) is 5.92 Å². The molecule has 0 N–H and O–H groups in total. The number of pyridine rings is 2. The summed E-state index contributed by atoms with van der Waals surface area (Å²) < 4.78 is 5.23. The second kappa shape index (κ2) is 10.2. The number of rotatable bonds is 5. The van der Waals surface area contributed by atoms with Crippen molar-refractivity contribution in [2.24, 2.45) is 5.92 Å². The van der Waals surface area contributed by atoms with Crippen molar-refractivity contribution in [1.29, 1.82) is 0 Å². The number of anilines is 1. The van der Waals surface area contributed by atoms with Crippen LogP contribution in [0.1, 0.15) is 41.4 Å². The van der Waals surface area contributed by atoms with Crippen LogP contribution in [0.5, 0.6) is 0 Å². The number of nitrogens with zero attached hydrogens (tertiary/aromatic N) is 6. The van der Waals surface area contributed by atoms with Gasteiger partial charge in [-0.25, -0.2) is 9.97 Å². The smallest absolute Gasteiger partial charge is 0.309 e. The van der Waals surface area contributed by atoms with E-state index >= 15 is 0 Å². The second-order valence-electron chi connectivity index (χ2n) is 8.74. The summed E-state index contributed by atoms with van der Waals surface area (Å²) in [7, 11) is 0. The molecule has 3 aromatic heterocycles. The van der Waals surface area contributed by atoms with Gasteiger partial charge in [-0.2, -0.15) is 0 Å². The van der Waals surface area contributed by atoms with Crippen LogP contribution in [-0.2, 0) is 22.5 Å². The zero-order valence-corrected chi connectivity index (χ0v) is 19.8. The lowest BCUT2D eigenvalue weighted by Crippen LogP contribution is -2.41. The van der Waals surface area contributed by atoms with Crippen LogP contribution in [0.3, 0.4) is 0 Å². The molecular formula is C26H28N6O3. The molecule has 0 atom stereocenters. The van der Waals surface area contributed by atoms with Crippen molar-refractivity contribution >= 4 is 17.7 Å². The Labute approximate surface area is 204 Å². The first-order chi connectivity index (χ1) is 17.1. The fourth-order valence-corrected chi connectivity index (χ4v) is 4.70. The summed E-state index contributed by atoms with van der Waals surface area (Å²) in [6.07, 6.45) is 7.03. The molecule has 0 spiro atoms. The lowest BCUT2D eigenvalue weighted by Gasteiger charge is -2.36. The van der Waals surface area contributed by atoms with E-state index in [0.717, 1.165) is 17.1 Å². The van der Waals surface area contributed by atoms with Crippen molar-refractivity contribution in [2.75, 3.05) is 31.1 Å². The SMILES string of the molecule is CCOC(=O)C1CCN(c2nc(-c3ccccn3)nc3c2CN(C(=O)c2cccnc2)CC3)CC1. The molecule has 9 nitrogen and oxygen atoms in total. The van der Waals surface area contributed by atoms with Gasteiger partial charge in [0.15, 0.2) is 5.82 Å². The van der Waals surface area contributed by atoms with Crippen LogP contribution in [0.15, 0.2) is 48.9 Å². The monoisotopic (exact) mass is 472 g/mol. The molecule has 0 aliphatic carbocycles. The highest BCUT2D eigenvalue weighted by Gasteiger charge is 2.32. The minimum atomic E-state index is -0.126. The van der Waals surface area contributed by atoms with E-state index in [1.54, 1.807) is 30.7 Å². The van der Waals surface area contributed by atoms with Crippen molar-refractivity contribution in [1.82, 2.24) is 24.8 Å². The van der Waals surface area contributed by atoms with Gasteiger partial charge < -0.3 is 14.5 Å². The van der Waals surface area contributed by atoms with Gasteiger partial charge in [0.25, 0.3) is 5.91 Å². The predicted molar refractivity (Wildman–Crippen MR) is 130 cm³/mol. The third-order valence-corrected chi connectivity index (χ3v) is 6.54. The average Bonchev–Trinajstić information content (AvgIpc) is 2.93. The molecule has 2 aliphatic heterocycles. The third-order valence-electron chi connectivity index (χ3n) is 6.54. The van der Waals surface area contributed by atoms with Crippen LogP contribution in [-0.4, -0.2) is 63.0 Å². The Morgan fingerprint density at radius 3 is 2.63 bits per heavy atom. The molecule has 3 aromatic rings. The van der Waals surface area contributed by atoms with E-state index in [4.69, 9.17) is 14.7 Å². The quantitative estimate of drug-likeness (QED) is 0.523. The van der Waals surface area contributed by atoms with Crippen molar-refractivity contribution in [3.63, 3.8) is 0 Å². The molecule has 1 fully saturated rings. The first kappa shape index (κ1) is 22.9. The minimum absolute atomic E-state index is 0.0514. The lowest BCUT2D eigenvalue weighted by molar-refractivity contribution is -0.148. The molecule has 9 heteroatoms. The number of ether oxygens (including phenoxy) is 1. The Hall–Kier alpha value is -3.88. The zero-order valence-electron chi connectivity index (χ0n) is 19.8. The van der Waals surface area contributed by atoms with Crippen molar-refractivity contribution in [3.8, 4) is 11.5 Å². The number of hydrogen-bond acceptors (Lipinski definition) is 8. The summed E-state index contributed by atoms with van der Waals surface area (Å²) in [5, 5.41) is 0. The predicted octanol–water partition coefficient (Wildman–Crippen LogP) is 2.91. The standard InChI is InChI=1S/C26H28N6O3/c1-2-35-26(34)18-8-13-31(14-9-18)24-20-17-32(25(33)19-6-5-11-27-16-19)15-10-21(20)29-23(30-24)22-7-3-4-12-28-22/h3-7,11-12,16,18H,2,8-10,13-15,17H2,1H3. The molecule has 1 saturated heterocycles. The van der Waals surface area contributed by atoms with Gasteiger partial charge in [-0.05, 0) is 44.0 Å². The molecule has 0 aromatic carbocycles. The minimum Gasteiger partial charge on any atom is -0.466 e. The van der Waals surface area contributed by atoms with E-state index in [9.17, 15) is 9.59 Å². The number of piperidine rings is 1. The van der Waals surface area contributed by atoms with Gasteiger partial charge in [0.05, 0.1) is 30.3 Å². The molecule has 0 bridgehead atoms. The Morgan fingerprint density at radius 1 is 1.06 bits per heavy atom. The molecule has 5 rings (SSSR count). The summed E-state index contributed by atoms with van der Waals surface area (Å²) in [5.41, 5.74) is 3.19. The molecule has 2 aliphatic rings. The zero-order chi connectivity index (χ0) is 24.2. The number of aromatic nitrogens is 4. The van der Waals surface area contributed by atoms with Gasteiger partial charge in [-0.3, -0.25) is 19.6 Å². The molecule has 35 heavy (non-hydrogen) atoms. The van der Waals surface area contributed by atoms with E-state index in [0.29, 0.717) is 69.1 Å². The van der Waals surface area contributed by atoms with Crippen molar-refractivity contribution in [2.45, 2.75) is 32.7 Å². The van der Waals surface area contributed by atoms with Crippen LogP contribution < -0.4 is 4.90 Å². The molecule has 180 valence electrons. The summed E-state index contributed by atoms with van der Waals surface area (Å²) in [4.78, 5) is 47.7. The van der Waals surface area contributed by atoms with Crippen LogP contribution in [0.25, 0.3) is 11.5 Å². The Kier molecular flexibility index (Phi) is 6.65. The van der Waals surface area contributed by atoms with E-state index in [1.165, 1.54) is 0 Å². The van der Waals surface area contributed by atoms with Crippen LogP contribution in [0.4, 0.5) is 5.82 Å². The highest BCUT2D eigenvalue weighted by molar-refractivity contribution is 5.94. The topological polar surface area (TPSA) is 101 Å². The third kappa shape index (κ3) is 4.84. The van der Waals surface area contributed by atoms with E-state index in [-0.39, 0.29) is 17.8 Å². The summed E-state index contributed by atoms with van der Waals surface area (Å²) >= 11 is 0. The van der Waals surface area contributed by atoms with Crippen LogP contribution in [0.2, 0.25) is 0 Å². The second-order valence-corrected chi connectivity index (χ2v) is 8.74. The maximum Gasteiger partial charge on any atom is 0.309 e. The van der Waals surface area contributed by atoms with Crippen molar-refractivity contribution in [3.05, 3.63) is 65.7 Å². The van der Waals surface area contributed by atoms with Gasteiger partial charge >= 0.3 is 5.97 Å². The number of amides is 1. The van der Waals surface area contributed by atoms with Gasteiger partial charge in [-0.15, -0.1) is 0 Å².